The molecule has 0 spiro atoms. The van der Waals surface area contributed by atoms with Crippen LogP contribution in [0.5, 0.6) is 0 Å². The summed E-state index contributed by atoms with van der Waals surface area (Å²) in [7, 11) is 1.51. The van der Waals surface area contributed by atoms with Gasteiger partial charge in [0.05, 0.1) is 5.69 Å². The van der Waals surface area contributed by atoms with Crippen molar-refractivity contribution in [1.29, 1.82) is 0 Å². The molecule has 2 aliphatic heterocycles. The maximum atomic E-state index is 13.3. The van der Waals surface area contributed by atoms with Gasteiger partial charge in [0.1, 0.15) is 6.61 Å². The van der Waals surface area contributed by atoms with E-state index in [1.54, 1.807) is 21.9 Å². The topological polar surface area (TPSA) is 73.4 Å². The number of nitrogens with zero attached hydrogens (tertiary/aromatic N) is 4. The highest BCUT2D eigenvalue weighted by molar-refractivity contribution is 6.31. The van der Waals surface area contributed by atoms with E-state index in [-0.39, 0.29) is 24.3 Å². The first-order valence-electron chi connectivity index (χ1n) is 12.2. The van der Waals surface area contributed by atoms with Crippen molar-refractivity contribution in [2.45, 2.75) is 52.1 Å². The van der Waals surface area contributed by atoms with Crippen molar-refractivity contribution in [3.05, 3.63) is 28.8 Å². The number of amides is 3. The molecule has 0 atom stereocenters. The van der Waals surface area contributed by atoms with Crippen LogP contribution in [0.25, 0.3) is 0 Å². The Morgan fingerprint density at radius 1 is 1.06 bits per heavy atom. The first kappa shape index (κ1) is 26.4. The van der Waals surface area contributed by atoms with Gasteiger partial charge in [-0.15, -0.1) is 0 Å². The molecule has 0 unspecified atom stereocenters. The molecular formula is C25H37ClN4O4. The minimum atomic E-state index is -0.133. The average molecular weight is 493 g/mol. The zero-order chi connectivity index (χ0) is 24.7. The Morgan fingerprint density at radius 3 is 2.53 bits per heavy atom. The van der Waals surface area contributed by atoms with E-state index in [4.69, 9.17) is 16.3 Å². The second-order valence-electron chi connectivity index (χ2n) is 9.28. The zero-order valence-corrected chi connectivity index (χ0v) is 21.4. The van der Waals surface area contributed by atoms with E-state index >= 15 is 0 Å². The lowest BCUT2D eigenvalue weighted by molar-refractivity contribution is -0.133. The molecule has 0 aliphatic carbocycles. The van der Waals surface area contributed by atoms with E-state index < -0.39 is 0 Å². The van der Waals surface area contributed by atoms with Crippen LogP contribution >= 0.6 is 11.6 Å². The fourth-order valence-corrected chi connectivity index (χ4v) is 4.81. The van der Waals surface area contributed by atoms with Crippen LogP contribution in [0.3, 0.4) is 0 Å². The van der Waals surface area contributed by atoms with Crippen LogP contribution in [-0.4, -0.2) is 91.4 Å². The number of benzene rings is 1. The van der Waals surface area contributed by atoms with Crippen LogP contribution < -0.4 is 4.90 Å². The normalized spacial score (nSPS) is 18.3. The number of halogens is 1. The molecule has 0 N–H and O–H groups in total. The second-order valence-corrected chi connectivity index (χ2v) is 9.72. The third-order valence-corrected chi connectivity index (χ3v) is 6.84. The lowest BCUT2D eigenvalue weighted by Gasteiger charge is -2.30. The van der Waals surface area contributed by atoms with Gasteiger partial charge in [-0.3, -0.25) is 19.3 Å². The minimum Gasteiger partial charge on any atom is -0.375 e. The van der Waals surface area contributed by atoms with Gasteiger partial charge in [-0.1, -0.05) is 17.7 Å². The third kappa shape index (κ3) is 6.93. The summed E-state index contributed by atoms with van der Waals surface area (Å²) in [5, 5.41) is 0.540. The summed E-state index contributed by atoms with van der Waals surface area (Å²) < 4.78 is 5.13. The molecule has 34 heavy (non-hydrogen) atoms. The Labute approximate surface area is 207 Å². The van der Waals surface area contributed by atoms with Gasteiger partial charge < -0.3 is 19.4 Å². The van der Waals surface area contributed by atoms with Crippen molar-refractivity contribution >= 4 is 35.0 Å². The lowest BCUT2D eigenvalue weighted by atomic mass is 10.1. The number of rotatable bonds is 6. The van der Waals surface area contributed by atoms with E-state index in [9.17, 15) is 14.4 Å². The summed E-state index contributed by atoms with van der Waals surface area (Å²) >= 11 is 6.33. The van der Waals surface area contributed by atoms with Crippen LogP contribution in [0.2, 0.25) is 5.02 Å². The number of carbonyl (C=O) groups excluding carboxylic acids is 3. The fourth-order valence-electron chi connectivity index (χ4n) is 4.64. The Bertz CT molecular complexity index is 878. The Kier molecular flexibility index (Phi) is 9.74. The number of likely N-dealkylation sites (tertiary alicyclic amines) is 1. The van der Waals surface area contributed by atoms with E-state index in [0.29, 0.717) is 50.1 Å². The van der Waals surface area contributed by atoms with E-state index in [0.717, 1.165) is 43.7 Å². The van der Waals surface area contributed by atoms with Gasteiger partial charge in [0, 0.05) is 76.8 Å². The Balaban J connectivity index is 1.88. The summed E-state index contributed by atoms with van der Waals surface area (Å²) in [6.07, 6.45) is 2.52. The molecule has 8 nitrogen and oxygen atoms in total. The summed E-state index contributed by atoms with van der Waals surface area (Å²) in [5.74, 6) is 0.00798. The number of hydrogen-bond donors (Lipinski definition) is 0. The first-order valence-corrected chi connectivity index (χ1v) is 12.5. The predicted molar refractivity (Wildman–Crippen MR) is 133 cm³/mol. The molecule has 0 bridgehead atoms. The molecule has 1 aromatic carbocycles. The molecule has 2 heterocycles. The molecule has 0 aromatic heterocycles. The molecule has 0 saturated carbocycles. The maximum Gasteiger partial charge on any atom is 0.252 e. The SMILES string of the molecule is COCC(=O)N1CCCN(C(C)C)CCN(C(=O)CCN2CCCC2=O)Cc2ccc(Cl)cc21. The summed E-state index contributed by atoms with van der Waals surface area (Å²) in [5.41, 5.74) is 1.59. The quantitative estimate of drug-likeness (QED) is 0.610. The maximum absolute atomic E-state index is 13.3. The van der Waals surface area contributed by atoms with Gasteiger partial charge >= 0.3 is 0 Å². The van der Waals surface area contributed by atoms with Crippen molar-refractivity contribution in [3.8, 4) is 0 Å². The Hall–Kier alpha value is -2.16. The van der Waals surface area contributed by atoms with Gasteiger partial charge in [0.2, 0.25) is 11.8 Å². The van der Waals surface area contributed by atoms with Crippen LogP contribution in [0.15, 0.2) is 18.2 Å². The van der Waals surface area contributed by atoms with E-state index in [1.807, 2.05) is 11.0 Å². The molecule has 1 saturated heterocycles. The molecular weight excluding hydrogens is 456 g/mol. The summed E-state index contributed by atoms with van der Waals surface area (Å²) in [6.45, 7) is 8.52. The second kappa shape index (κ2) is 12.5. The van der Waals surface area contributed by atoms with Crippen molar-refractivity contribution in [2.24, 2.45) is 0 Å². The fraction of sp³-hybridized carbons (Fsp3) is 0.640. The number of fused-ring (bicyclic) bond motifs is 1. The van der Waals surface area contributed by atoms with E-state index in [1.165, 1.54) is 7.11 Å². The van der Waals surface area contributed by atoms with Gasteiger partial charge in [-0.05, 0) is 44.4 Å². The van der Waals surface area contributed by atoms with Crippen LogP contribution in [0, 0.1) is 0 Å². The molecule has 3 amide bonds. The van der Waals surface area contributed by atoms with Gasteiger partial charge in [-0.25, -0.2) is 0 Å². The number of anilines is 1. The molecule has 1 aromatic rings. The summed E-state index contributed by atoms with van der Waals surface area (Å²) in [6, 6.07) is 5.81. The van der Waals surface area contributed by atoms with Crippen LogP contribution in [0.1, 0.15) is 45.1 Å². The van der Waals surface area contributed by atoms with Gasteiger partial charge in [-0.2, -0.15) is 0 Å². The van der Waals surface area contributed by atoms with Crippen LogP contribution in [-0.2, 0) is 25.7 Å². The highest BCUT2D eigenvalue weighted by Crippen LogP contribution is 2.28. The number of hydrogen-bond acceptors (Lipinski definition) is 5. The van der Waals surface area contributed by atoms with Gasteiger partial charge in [0.25, 0.3) is 5.91 Å². The first-order chi connectivity index (χ1) is 16.3. The average Bonchev–Trinajstić information content (AvgIpc) is 3.19. The zero-order valence-electron chi connectivity index (χ0n) is 20.6. The standard InChI is InChI=1S/C25H37ClN4O4/c1-19(2)27-11-5-12-30(25(33)18-34-3)22-16-21(26)8-7-20(22)17-29(15-14-27)24(32)9-13-28-10-4-6-23(28)31/h7-8,16,19H,4-6,9-15,17-18H2,1-3H3. The van der Waals surface area contributed by atoms with E-state index in [2.05, 4.69) is 18.7 Å². The molecule has 0 radical (unpaired) electrons. The molecule has 2 aliphatic rings. The van der Waals surface area contributed by atoms with Crippen molar-refractivity contribution in [2.75, 3.05) is 57.9 Å². The van der Waals surface area contributed by atoms with Crippen molar-refractivity contribution in [1.82, 2.24) is 14.7 Å². The van der Waals surface area contributed by atoms with Crippen LogP contribution in [0.4, 0.5) is 5.69 Å². The number of ether oxygens (including phenoxy) is 1. The molecule has 1 fully saturated rings. The molecule has 9 heteroatoms. The largest absolute Gasteiger partial charge is 0.375 e. The van der Waals surface area contributed by atoms with Crippen molar-refractivity contribution < 1.29 is 19.1 Å². The summed E-state index contributed by atoms with van der Waals surface area (Å²) in [4.78, 5) is 46.0. The lowest BCUT2D eigenvalue weighted by Crippen LogP contribution is -2.42. The highest BCUT2D eigenvalue weighted by Gasteiger charge is 2.26. The number of carbonyl (C=O) groups is 3. The molecule has 3 rings (SSSR count). The third-order valence-electron chi connectivity index (χ3n) is 6.60. The monoisotopic (exact) mass is 492 g/mol. The predicted octanol–water partition coefficient (Wildman–Crippen LogP) is 2.77. The van der Waals surface area contributed by atoms with Gasteiger partial charge in [0.15, 0.2) is 0 Å². The highest BCUT2D eigenvalue weighted by atomic mass is 35.5. The minimum absolute atomic E-state index is 0.0123. The smallest absolute Gasteiger partial charge is 0.252 e. The Morgan fingerprint density at radius 2 is 1.85 bits per heavy atom. The van der Waals surface area contributed by atoms with Crippen molar-refractivity contribution in [3.63, 3.8) is 0 Å². The molecule has 188 valence electrons. The number of methoxy groups -OCH3 is 1.